The summed E-state index contributed by atoms with van der Waals surface area (Å²) in [6.07, 6.45) is 2.34. The average molecular weight is 426 g/mol. The summed E-state index contributed by atoms with van der Waals surface area (Å²) in [5, 5.41) is 8.14. The third-order valence-corrected chi connectivity index (χ3v) is 6.30. The van der Waals surface area contributed by atoms with Crippen LogP contribution in [-0.2, 0) is 16.0 Å². The average Bonchev–Trinajstić information content (AvgIpc) is 3.44. The van der Waals surface area contributed by atoms with Gasteiger partial charge in [-0.05, 0) is 59.5 Å². The van der Waals surface area contributed by atoms with Gasteiger partial charge in [-0.25, -0.2) is 0 Å². The van der Waals surface area contributed by atoms with Gasteiger partial charge in [-0.2, -0.15) is 16.3 Å². The zero-order valence-corrected chi connectivity index (χ0v) is 17.3. The molecule has 1 amide bonds. The molecule has 7 nitrogen and oxygen atoms in total. The lowest BCUT2D eigenvalue weighted by Crippen LogP contribution is -2.56. The van der Waals surface area contributed by atoms with Crippen molar-refractivity contribution < 1.29 is 18.8 Å². The predicted molar refractivity (Wildman–Crippen MR) is 112 cm³/mol. The number of ether oxygens (including phenoxy) is 2. The molecule has 8 heteroatoms. The summed E-state index contributed by atoms with van der Waals surface area (Å²) in [4.78, 5) is 18.7. The number of amides is 1. The minimum absolute atomic E-state index is 0.0348. The summed E-state index contributed by atoms with van der Waals surface area (Å²) in [7, 11) is 0. The second-order valence-electron chi connectivity index (χ2n) is 7.71. The monoisotopic (exact) mass is 425 g/mol. The molecule has 4 heterocycles. The van der Waals surface area contributed by atoms with E-state index in [1.54, 1.807) is 11.3 Å². The molecule has 1 aromatic carbocycles. The van der Waals surface area contributed by atoms with Gasteiger partial charge in [0, 0.05) is 24.7 Å². The van der Waals surface area contributed by atoms with Gasteiger partial charge in [-0.1, -0.05) is 5.16 Å². The van der Waals surface area contributed by atoms with Crippen LogP contribution in [0.1, 0.15) is 30.2 Å². The first-order chi connectivity index (χ1) is 14.7. The summed E-state index contributed by atoms with van der Waals surface area (Å²) in [5.74, 6) is 2.50. The van der Waals surface area contributed by atoms with Crippen molar-refractivity contribution >= 4 is 17.2 Å². The zero-order valence-electron chi connectivity index (χ0n) is 16.5. The van der Waals surface area contributed by atoms with Gasteiger partial charge in [-0.3, -0.25) is 4.79 Å². The molecule has 0 unspecified atom stereocenters. The van der Waals surface area contributed by atoms with E-state index in [1.807, 2.05) is 46.0 Å². The normalized spacial score (nSPS) is 17.7. The number of benzene rings is 1. The van der Waals surface area contributed by atoms with Gasteiger partial charge in [0.15, 0.2) is 0 Å². The van der Waals surface area contributed by atoms with E-state index in [2.05, 4.69) is 10.1 Å². The van der Waals surface area contributed by atoms with Crippen LogP contribution in [0.5, 0.6) is 5.75 Å². The maximum atomic E-state index is 12.3. The number of carbonyl (C=O) groups excluding carboxylic acids is 1. The Morgan fingerprint density at radius 1 is 1.17 bits per heavy atom. The maximum Gasteiger partial charge on any atom is 0.230 e. The number of nitrogens with zero attached hydrogens (tertiary/aromatic N) is 3. The third kappa shape index (κ3) is 4.24. The lowest BCUT2D eigenvalue weighted by atomic mass is 10.0. The Bertz CT molecular complexity index is 974. The van der Waals surface area contributed by atoms with Crippen LogP contribution in [0.15, 0.2) is 45.6 Å². The van der Waals surface area contributed by atoms with Crippen LogP contribution < -0.4 is 4.74 Å². The predicted octanol–water partition coefficient (Wildman–Crippen LogP) is 3.52. The number of rotatable bonds is 6. The summed E-state index contributed by atoms with van der Waals surface area (Å²) < 4.78 is 16.8. The second kappa shape index (κ2) is 8.57. The van der Waals surface area contributed by atoms with Gasteiger partial charge < -0.3 is 18.9 Å². The van der Waals surface area contributed by atoms with Crippen LogP contribution in [-0.4, -0.2) is 53.4 Å². The topological polar surface area (TPSA) is 77.7 Å². The van der Waals surface area contributed by atoms with Crippen molar-refractivity contribution in [2.75, 3.05) is 26.3 Å². The molecule has 0 aliphatic carbocycles. The van der Waals surface area contributed by atoms with E-state index in [9.17, 15) is 4.79 Å². The lowest BCUT2D eigenvalue weighted by molar-refractivity contribution is -0.139. The molecule has 0 N–H and O–H groups in total. The number of aromatic nitrogens is 2. The van der Waals surface area contributed by atoms with Crippen LogP contribution in [0, 0.1) is 0 Å². The first kappa shape index (κ1) is 19.3. The molecule has 156 valence electrons. The molecule has 30 heavy (non-hydrogen) atoms. The molecule has 0 saturated carbocycles. The quantitative estimate of drug-likeness (QED) is 0.601. The highest BCUT2D eigenvalue weighted by Crippen LogP contribution is 2.28. The van der Waals surface area contributed by atoms with E-state index in [0.717, 1.165) is 42.9 Å². The van der Waals surface area contributed by atoms with E-state index < -0.39 is 0 Å². The molecule has 2 fully saturated rings. The fourth-order valence-corrected chi connectivity index (χ4v) is 4.40. The van der Waals surface area contributed by atoms with Gasteiger partial charge in [-0.15, -0.1) is 0 Å². The SMILES string of the molecule is O=C(Cc1ccsc1)N1CC(Oc2ccc(-c3noc(C4CCOCC4)n3)cc2)C1. The minimum atomic E-state index is 0.0348. The maximum absolute atomic E-state index is 12.3. The van der Waals surface area contributed by atoms with Gasteiger partial charge in [0.25, 0.3) is 0 Å². The molecule has 3 aromatic rings. The van der Waals surface area contributed by atoms with Crippen LogP contribution in [0.2, 0.25) is 0 Å². The third-order valence-electron chi connectivity index (χ3n) is 5.56. The molecule has 0 spiro atoms. The molecule has 2 saturated heterocycles. The van der Waals surface area contributed by atoms with Crippen molar-refractivity contribution in [3.63, 3.8) is 0 Å². The second-order valence-corrected chi connectivity index (χ2v) is 8.49. The Kier molecular flexibility index (Phi) is 5.50. The molecule has 2 aliphatic heterocycles. The van der Waals surface area contributed by atoms with Crippen molar-refractivity contribution in [3.05, 3.63) is 52.5 Å². The molecule has 0 atom stereocenters. The molecule has 0 radical (unpaired) electrons. The standard InChI is InChI=1S/C22H23N3O4S/c26-20(11-15-7-10-30-14-15)25-12-19(13-25)28-18-3-1-16(2-4-18)21-23-22(29-24-21)17-5-8-27-9-6-17/h1-4,7,10,14,17,19H,5-6,8-9,11-13H2. The minimum Gasteiger partial charge on any atom is -0.487 e. The molecule has 0 bridgehead atoms. The van der Waals surface area contributed by atoms with Gasteiger partial charge >= 0.3 is 0 Å². The molecular formula is C22H23N3O4S. The fraction of sp³-hybridized carbons (Fsp3) is 0.409. The summed E-state index contributed by atoms with van der Waals surface area (Å²) in [5.41, 5.74) is 1.97. The van der Waals surface area contributed by atoms with E-state index in [-0.39, 0.29) is 17.9 Å². The number of likely N-dealkylation sites (tertiary alicyclic amines) is 1. The Labute approximate surface area is 178 Å². The van der Waals surface area contributed by atoms with E-state index in [4.69, 9.17) is 14.0 Å². The summed E-state index contributed by atoms with van der Waals surface area (Å²) in [6.45, 7) is 2.74. The number of hydrogen-bond donors (Lipinski definition) is 0. The Balaban J connectivity index is 1.13. The van der Waals surface area contributed by atoms with Crippen LogP contribution in [0.4, 0.5) is 0 Å². The van der Waals surface area contributed by atoms with Crippen molar-refractivity contribution in [2.24, 2.45) is 0 Å². The number of thiophene rings is 1. The van der Waals surface area contributed by atoms with E-state index in [0.29, 0.717) is 31.2 Å². The largest absolute Gasteiger partial charge is 0.487 e. The van der Waals surface area contributed by atoms with Gasteiger partial charge in [0.1, 0.15) is 11.9 Å². The Morgan fingerprint density at radius 2 is 1.97 bits per heavy atom. The lowest BCUT2D eigenvalue weighted by Gasteiger charge is -2.39. The van der Waals surface area contributed by atoms with E-state index in [1.165, 1.54) is 0 Å². The molecule has 2 aromatic heterocycles. The van der Waals surface area contributed by atoms with Crippen molar-refractivity contribution in [2.45, 2.75) is 31.3 Å². The Morgan fingerprint density at radius 3 is 2.70 bits per heavy atom. The number of hydrogen-bond acceptors (Lipinski definition) is 7. The van der Waals surface area contributed by atoms with Crippen LogP contribution in [0.3, 0.4) is 0 Å². The van der Waals surface area contributed by atoms with Crippen molar-refractivity contribution in [3.8, 4) is 17.1 Å². The first-order valence-electron chi connectivity index (χ1n) is 10.2. The van der Waals surface area contributed by atoms with Gasteiger partial charge in [0.05, 0.1) is 19.5 Å². The zero-order chi connectivity index (χ0) is 20.3. The van der Waals surface area contributed by atoms with Gasteiger partial charge in [0.2, 0.25) is 17.6 Å². The number of carbonyl (C=O) groups is 1. The first-order valence-corrected chi connectivity index (χ1v) is 11.2. The summed E-state index contributed by atoms with van der Waals surface area (Å²) in [6, 6.07) is 9.69. The fourth-order valence-electron chi connectivity index (χ4n) is 3.73. The smallest absolute Gasteiger partial charge is 0.230 e. The summed E-state index contributed by atoms with van der Waals surface area (Å²) >= 11 is 1.61. The van der Waals surface area contributed by atoms with Crippen LogP contribution in [0.25, 0.3) is 11.4 Å². The van der Waals surface area contributed by atoms with Crippen molar-refractivity contribution in [1.29, 1.82) is 0 Å². The highest BCUT2D eigenvalue weighted by molar-refractivity contribution is 7.08. The molecule has 2 aliphatic rings. The molecular weight excluding hydrogens is 402 g/mol. The highest BCUT2D eigenvalue weighted by atomic mass is 32.1. The Hall–Kier alpha value is -2.71. The van der Waals surface area contributed by atoms with Crippen LogP contribution >= 0.6 is 11.3 Å². The molecule has 5 rings (SSSR count). The van der Waals surface area contributed by atoms with E-state index >= 15 is 0 Å². The highest BCUT2D eigenvalue weighted by Gasteiger charge is 2.32. The van der Waals surface area contributed by atoms with Crippen molar-refractivity contribution in [1.82, 2.24) is 15.0 Å².